The van der Waals surface area contributed by atoms with Gasteiger partial charge in [-0.15, -0.1) is 22.7 Å². The third-order valence-electron chi connectivity index (χ3n) is 6.24. The zero-order valence-electron chi connectivity index (χ0n) is 20.4. The van der Waals surface area contributed by atoms with Crippen LogP contribution < -0.4 is 9.54 Å². The number of aromatic nitrogens is 1. The third kappa shape index (κ3) is 4.94. The van der Waals surface area contributed by atoms with Crippen molar-refractivity contribution in [3.05, 3.63) is 84.8 Å². The Kier molecular flexibility index (Phi) is 7.20. The first-order valence-electron chi connectivity index (χ1n) is 12.0. The van der Waals surface area contributed by atoms with Crippen LogP contribution in [-0.2, 0) is 17.6 Å². The van der Waals surface area contributed by atoms with E-state index >= 15 is 0 Å². The van der Waals surface area contributed by atoms with Gasteiger partial charge in [-0.25, -0.2) is 9.79 Å². The molecule has 2 aromatic carbocycles. The number of carbonyl (C=O) groups is 1. The van der Waals surface area contributed by atoms with Gasteiger partial charge in [0, 0.05) is 28.1 Å². The number of thiazole rings is 1. The van der Waals surface area contributed by atoms with Crippen molar-refractivity contribution in [2.75, 3.05) is 13.7 Å². The molecule has 0 bridgehead atoms. The number of hydrogen-bond donors (Lipinski definition) is 0. The number of methoxy groups -OCH3 is 1. The van der Waals surface area contributed by atoms with E-state index in [1.807, 2.05) is 34.2 Å². The lowest BCUT2D eigenvalue weighted by atomic mass is 9.95. The van der Waals surface area contributed by atoms with Gasteiger partial charge in [0.15, 0.2) is 4.80 Å². The summed E-state index contributed by atoms with van der Waals surface area (Å²) in [6.07, 6.45) is 3.94. The number of hydrogen-bond acceptors (Lipinski definition) is 8. The Balaban J connectivity index is 1.70. The van der Waals surface area contributed by atoms with Gasteiger partial charge in [0.2, 0.25) is 0 Å². The van der Waals surface area contributed by atoms with Crippen LogP contribution in [0.2, 0.25) is 0 Å². The van der Waals surface area contributed by atoms with Crippen molar-refractivity contribution in [3.8, 4) is 22.7 Å². The topological polar surface area (TPSA) is 96.0 Å². The molecule has 2 aromatic heterocycles. The van der Waals surface area contributed by atoms with Crippen LogP contribution in [0.4, 0.5) is 10.7 Å². The SMILES string of the molecule is CCOC(=O)c1c(/N=c2\scc(-c3ccc([N+](=O)[O-])cc3)n2-c2ccc(OC)cc2)sc2c1CCCC2. The highest BCUT2D eigenvalue weighted by molar-refractivity contribution is 7.16. The fourth-order valence-corrected chi connectivity index (χ4v) is 6.67. The van der Waals surface area contributed by atoms with Gasteiger partial charge in [-0.1, -0.05) is 0 Å². The second-order valence-corrected chi connectivity index (χ2v) is 10.4. The van der Waals surface area contributed by atoms with Crippen LogP contribution in [0, 0.1) is 10.1 Å². The molecule has 0 aliphatic heterocycles. The van der Waals surface area contributed by atoms with E-state index in [1.165, 1.54) is 28.3 Å². The number of thiophene rings is 1. The average molecular weight is 536 g/mol. The Labute approximate surface area is 221 Å². The number of rotatable bonds is 7. The number of nitro groups is 1. The van der Waals surface area contributed by atoms with E-state index in [9.17, 15) is 14.9 Å². The lowest BCUT2D eigenvalue weighted by Gasteiger charge is -2.12. The van der Waals surface area contributed by atoms with Gasteiger partial charge in [0.05, 0.1) is 29.9 Å². The minimum absolute atomic E-state index is 0.0307. The number of nitrogens with zero attached hydrogens (tertiary/aromatic N) is 3. The molecule has 0 N–H and O–H groups in total. The molecule has 0 amide bonds. The molecular weight excluding hydrogens is 510 g/mol. The molecule has 0 spiro atoms. The maximum absolute atomic E-state index is 13.0. The summed E-state index contributed by atoms with van der Waals surface area (Å²) in [6, 6.07) is 14.1. The van der Waals surface area contributed by atoms with Crippen molar-refractivity contribution in [1.29, 1.82) is 0 Å². The Morgan fingerprint density at radius 3 is 2.51 bits per heavy atom. The predicted molar refractivity (Wildman–Crippen MR) is 144 cm³/mol. The number of carbonyl (C=O) groups excluding carboxylic acids is 1. The van der Waals surface area contributed by atoms with Gasteiger partial charge >= 0.3 is 5.97 Å². The second kappa shape index (κ2) is 10.7. The summed E-state index contributed by atoms with van der Waals surface area (Å²) in [5.41, 5.74) is 4.18. The van der Waals surface area contributed by atoms with Crippen LogP contribution in [-0.4, -0.2) is 29.2 Å². The summed E-state index contributed by atoms with van der Waals surface area (Å²) in [6.45, 7) is 2.11. The number of aryl methyl sites for hydroxylation is 1. The van der Waals surface area contributed by atoms with Crippen molar-refractivity contribution in [3.63, 3.8) is 0 Å². The van der Waals surface area contributed by atoms with E-state index in [4.69, 9.17) is 14.5 Å². The summed E-state index contributed by atoms with van der Waals surface area (Å²) in [5, 5.41) is 13.8. The second-order valence-electron chi connectivity index (χ2n) is 8.46. The Bertz CT molecular complexity index is 1520. The predicted octanol–water partition coefficient (Wildman–Crippen LogP) is 6.47. The standard InChI is InChI=1S/C27H25N3O5S2/c1-3-35-26(31)24-21-6-4-5-7-23(21)37-25(24)28-27-29(18-12-14-20(34-2)15-13-18)22(16-36-27)17-8-10-19(11-9-17)30(32)33/h8-16H,3-7H2,1-2H3/b28-27-. The van der Waals surface area contributed by atoms with Crippen LogP contribution in [0.1, 0.15) is 40.6 Å². The van der Waals surface area contributed by atoms with E-state index < -0.39 is 4.92 Å². The first-order valence-corrected chi connectivity index (χ1v) is 13.7. The average Bonchev–Trinajstić information content (AvgIpc) is 3.50. The van der Waals surface area contributed by atoms with E-state index in [-0.39, 0.29) is 11.7 Å². The van der Waals surface area contributed by atoms with Gasteiger partial charge in [-0.05, 0) is 80.1 Å². The normalized spacial score (nSPS) is 13.3. The first kappa shape index (κ1) is 24.9. The minimum atomic E-state index is -0.412. The molecule has 1 aliphatic rings. The number of esters is 1. The highest BCUT2D eigenvalue weighted by atomic mass is 32.1. The van der Waals surface area contributed by atoms with Gasteiger partial charge < -0.3 is 9.47 Å². The molecule has 1 aliphatic carbocycles. The molecular formula is C27H25N3O5S2. The number of fused-ring (bicyclic) bond motifs is 1. The van der Waals surface area contributed by atoms with Crippen molar-refractivity contribution in [1.82, 2.24) is 4.57 Å². The minimum Gasteiger partial charge on any atom is -0.497 e. The Morgan fingerprint density at radius 1 is 1.11 bits per heavy atom. The van der Waals surface area contributed by atoms with Crippen LogP contribution in [0.25, 0.3) is 16.9 Å². The number of benzene rings is 2. The van der Waals surface area contributed by atoms with E-state index in [0.29, 0.717) is 22.0 Å². The highest BCUT2D eigenvalue weighted by Crippen LogP contribution is 2.40. The molecule has 37 heavy (non-hydrogen) atoms. The van der Waals surface area contributed by atoms with Gasteiger partial charge in [-0.3, -0.25) is 14.7 Å². The maximum atomic E-state index is 13.0. The molecule has 10 heteroatoms. The molecule has 0 radical (unpaired) electrons. The van der Waals surface area contributed by atoms with Crippen molar-refractivity contribution in [2.24, 2.45) is 4.99 Å². The Hall–Kier alpha value is -3.76. The summed E-state index contributed by atoms with van der Waals surface area (Å²) in [5.74, 6) is 0.397. The van der Waals surface area contributed by atoms with Crippen molar-refractivity contribution >= 4 is 39.3 Å². The molecule has 4 aromatic rings. The summed E-state index contributed by atoms with van der Waals surface area (Å²) >= 11 is 3.01. The third-order valence-corrected chi connectivity index (χ3v) is 8.25. The fraction of sp³-hybridized carbons (Fsp3) is 0.259. The molecule has 5 rings (SSSR count). The highest BCUT2D eigenvalue weighted by Gasteiger charge is 2.26. The van der Waals surface area contributed by atoms with Crippen molar-refractivity contribution < 1.29 is 19.2 Å². The number of non-ortho nitro benzene ring substituents is 1. The lowest BCUT2D eigenvalue weighted by Crippen LogP contribution is -2.14. The molecule has 2 heterocycles. The van der Waals surface area contributed by atoms with Crippen LogP contribution in [0.15, 0.2) is 58.9 Å². The molecule has 0 saturated carbocycles. The molecule has 0 fully saturated rings. The summed E-state index contributed by atoms with van der Waals surface area (Å²) in [7, 11) is 1.62. The Morgan fingerprint density at radius 2 is 1.84 bits per heavy atom. The van der Waals surface area contributed by atoms with E-state index in [1.54, 1.807) is 37.5 Å². The van der Waals surface area contributed by atoms with Gasteiger partial charge in [-0.2, -0.15) is 0 Å². The quantitative estimate of drug-likeness (QED) is 0.153. The van der Waals surface area contributed by atoms with Gasteiger partial charge in [0.1, 0.15) is 10.8 Å². The summed E-state index contributed by atoms with van der Waals surface area (Å²) < 4.78 is 12.7. The van der Waals surface area contributed by atoms with E-state index in [2.05, 4.69) is 0 Å². The van der Waals surface area contributed by atoms with Crippen molar-refractivity contribution in [2.45, 2.75) is 32.6 Å². The monoisotopic (exact) mass is 535 g/mol. The smallest absolute Gasteiger partial charge is 0.341 e. The lowest BCUT2D eigenvalue weighted by molar-refractivity contribution is -0.384. The molecule has 0 unspecified atom stereocenters. The van der Waals surface area contributed by atoms with E-state index in [0.717, 1.165) is 53.9 Å². The van der Waals surface area contributed by atoms with Crippen LogP contribution in [0.5, 0.6) is 5.75 Å². The number of ether oxygens (including phenoxy) is 2. The summed E-state index contributed by atoms with van der Waals surface area (Å²) in [4.78, 5) is 30.6. The van der Waals surface area contributed by atoms with Crippen LogP contribution >= 0.6 is 22.7 Å². The number of nitro benzene ring substituents is 1. The van der Waals surface area contributed by atoms with Gasteiger partial charge in [0.25, 0.3) is 5.69 Å². The van der Waals surface area contributed by atoms with Crippen LogP contribution in [0.3, 0.4) is 0 Å². The molecule has 190 valence electrons. The first-order chi connectivity index (χ1) is 18.0. The maximum Gasteiger partial charge on any atom is 0.341 e. The molecule has 0 saturated heterocycles. The molecule has 8 nitrogen and oxygen atoms in total. The molecule has 0 atom stereocenters. The zero-order chi connectivity index (χ0) is 25.9. The fourth-order valence-electron chi connectivity index (χ4n) is 4.46. The zero-order valence-corrected chi connectivity index (χ0v) is 22.1. The largest absolute Gasteiger partial charge is 0.497 e.